The molecule has 0 amide bonds. The predicted molar refractivity (Wildman–Crippen MR) is 96.5 cm³/mol. The number of aryl methyl sites for hydroxylation is 1. The lowest BCUT2D eigenvalue weighted by Gasteiger charge is -2.15. The van der Waals surface area contributed by atoms with Crippen molar-refractivity contribution in [2.75, 3.05) is 7.05 Å². The van der Waals surface area contributed by atoms with E-state index >= 15 is 0 Å². The fourth-order valence-electron chi connectivity index (χ4n) is 2.41. The smallest absolute Gasteiger partial charge is 0.187 e. The highest BCUT2D eigenvalue weighted by Crippen LogP contribution is 2.18. The number of nitrogens with one attached hydrogen (secondary N) is 1. The molecule has 0 aliphatic heterocycles. The van der Waals surface area contributed by atoms with Crippen LogP contribution in [-0.2, 0) is 18.8 Å². The van der Waals surface area contributed by atoms with Crippen LogP contribution in [0.15, 0.2) is 54.1 Å². The Kier molecular flexibility index (Phi) is 5.61. The zero-order valence-corrected chi connectivity index (χ0v) is 14.8. The number of H-pyrrole nitrogens is 1. The number of rotatable bonds is 7. The van der Waals surface area contributed by atoms with E-state index in [1.54, 1.807) is 11.8 Å². The minimum Gasteiger partial charge on any atom is -0.298 e. The lowest BCUT2D eigenvalue weighted by Crippen LogP contribution is -2.17. The third kappa shape index (κ3) is 4.66. The van der Waals surface area contributed by atoms with Gasteiger partial charge in [-0.25, -0.2) is 9.97 Å². The van der Waals surface area contributed by atoms with Gasteiger partial charge in [-0.2, -0.15) is 5.10 Å². The Morgan fingerprint density at radius 2 is 1.75 bits per heavy atom. The topological polar surface area (TPSA) is 57.7 Å². The van der Waals surface area contributed by atoms with Crippen LogP contribution in [0.4, 0.5) is 0 Å². The summed E-state index contributed by atoms with van der Waals surface area (Å²) >= 11 is 1.66. The summed E-state index contributed by atoms with van der Waals surface area (Å²) in [5.41, 5.74) is 4.73. The lowest BCUT2D eigenvalue weighted by molar-refractivity contribution is 0.317. The summed E-state index contributed by atoms with van der Waals surface area (Å²) < 4.78 is 0. The molecule has 0 bridgehead atoms. The van der Waals surface area contributed by atoms with Crippen molar-refractivity contribution < 1.29 is 0 Å². The quantitative estimate of drug-likeness (QED) is 0.528. The van der Waals surface area contributed by atoms with E-state index in [-0.39, 0.29) is 0 Å². The molecule has 0 radical (unpaired) electrons. The highest BCUT2D eigenvalue weighted by atomic mass is 32.2. The van der Waals surface area contributed by atoms with Crippen LogP contribution in [0, 0.1) is 6.92 Å². The van der Waals surface area contributed by atoms with Crippen LogP contribution < -0.4 is 0 Å². The van der Waals surface area contributed by atoms with Crippen LogP contribution in [0.2, 0.25) is 0 Å². The van der Waals surface area contributed by atoms with E-state index < -0.39 is 0 Å². The van der Waals surface area contributed by atoms with Gasteiger partial charge in [0.05, 0.1) is 6.20 Å². The number of nitrogens with zero attached hydrogens (tertiary/aromatic N) is 4. The van der Waals surface area contributed by atoms with Crippen molar-refractivity contribution in [3.05, 3.63) is 71.3 Å². The standard InChI is InChI=1S/C18H21N5S/c1-14-17(10-21-22-14)12-23(2)11-16-8-19-18(20-9-16)24-13-15-6-4-3-5-7-15/h3-10H,11-13H2,1-2H3,(H,21,22). The van der Waals surface area contributed by atoms with Gasteiger partial charge in [0, 0.05) is 48.1 Å². The van der Waals surface area contributed by atoms with E-state index in [0.717, 1.165) is 35.3 Å². The molecule has 0 saturated carbocycles. The van der Waals surface area contributed by atoms with E-state index in [0.29, 0.717) is 0 Å². The molecule has 0 atom stereocenters. The molecule has 0 aliphatic rings. The van der Waals surface area contributed by atoms with Gasteiger partial charge in [-0.3, -0.25) is 10.00 Å². The summed E-state index contributed by atoms with van der Waals surface area (Å²) in [5, 5.41) is 7.84. The summed E-state index contributed by atoms with van der Waals surface area (Å²) in [6.45, 7) is 3.71. The highest BCUT2D eigenvalue weighted by molar-refractivity contribution is 7.98. The molecule has 0 spiro atoms. The van der Waals surface area contributed by atoms with Gasteiger partial charge in [-0.1, -0.05) is 42.1 Å². The van der Waals surface area contributed by atoms with Crippen molar-refractivity contribution in [2.24, 2.45) is 0 Å². The zero-order valence-electron chi connectivity index (χ0n) is 13.9. The van der Waals surface area contributed by atoms with Gasteiger partial charge in [0.25, 0.3) is 0 Å². The van der Waals surface area contributed by atoms with E-state index in [1.807, 2.05) is 31.6 Å². The number of aromatic amines is 1. The number of hydrogen-bond acceptors (Lipinski definition) is 5. The Bertz CT molecular complexity index is 755. The summed E-state index contributed by atoms with van der Waals surface area (Å²) in [4.78, 5) is 11.2. The number of hydrogen-bond donors (Lipinski definition) is 1. The average Bonchev–Trinajstić information content (AvgIpc) is 3.00. The van der Waals surface area contributed by atoms with E-state index in [1.165, 1.54) is 11.1 Å². The molecular formula is C18H21N5S. The van der Waals surface area contributed by atoms with Crippen LogP contribution in [0.3, 0.4) is 0 Å². The first-order valence-corrected chi connectivity index (χ1v) is 8.84. The maximum Gasteiger partial charge on any atom is 0.187 e. The van der Waals surface area contributed by atoms with Gasteiger partial charge in [0.15, 0.2) is 5.16 Å². The largest absolute Gasteiger partial charge is 0.298 e. The molecule has 3 rings (SSSR count). The van der Waals surface area contributed by atoms with Crippen molar-refractivity contribution in [1.29, 1.82) is 0 Å². The van der Waals surface area contributed by atoms with E-state index in [4.69, 9.17) is 0 Å². The first-order chi connectivity index (χ1) is 11.7. The Balaban J connectivity index is 1.51. The molecule has 2 heterocycles. The van der Waals surface area contributed by atoms with Gasteiger partial charge >= 0.3 is 0 Å². The minimum atomic E-state index is 0.814. The average molecular weight is 339 g/mol. The van der Waals surface area contributed by atoms with Crippen LogP contribution in [-0.4, -0.2) is 32.1 Å². The fourth-order valence-corrected chi connectivity index (χ4v) is 3.16. The molecular weight excluding hydrogens is 318 g/mol. The molecule has 124 valence electrons. The molecule has 0 unspecified atom stereocenters. The van der Waals surface area contributed by atoms with Crippen LogP contribution in [0.1, 0.15) is 22.4 Å². The molecule has 5 nitrogen and oxygen atoms in total. The molecule has 1 aromatic carbocycles. The monoisotopic (exact) mass is 339 g/mol. The van der Waals surface area contributed by atoms with Gasteiger partial charge in [0.1, 0.15) is 0 Å². The second-order valence-corrected chi connectivity index (χ2v) is 6.78. The zero-order chi connectivity index (χ0) is 16.8. The van der Waals surface area contributed by atoms with Crippen molar-refractivity contribution in [3.63, 3.8) is 0 Å². The van der Waals surface area contributed by atoms with Crippen molar-refractivity contribution in [1.82, 2.24) is 25.1 Å². The fraction of sp³-hybridized carbons (Fsp3) is 0.278. The number of thioether (sulfide) groups is 1. The first-order valence-electron chi connectivity index (χ1n) is 7.86. The molecule has 24 heavy (non-hydrogen) atoms. The summed E-state index contributed by atoms with van der Waals surface area (Å²) in [6, 6.07) is 10.4. The Morgan fingerprint density at radius 3 is 2.42 bits per heavy atom. The SMILES string of the molecule is Cc1[nH]ncc1CN(C)Cc1cnc(SCc2ccccc2)nc1. The lowest BCUT2D eigenvalue weighted by atomic mass is 10.2. The Labute approximate surface area is 146 Å². The maximum absolute atomic E-state index is 4.47. The van der Waals surface area contributed by atoms with Gasteiger partial charge in [-0.05, 0) is 19.5 Å². The minimum absolute atomic E-state index is 0.814. The van der Waals surface area contributed by atoms with Crippen molar-refractivity contribution >= 4 is 11.8 Å². The molecule has 1 N–H and O–H groups in total. The maximum atomic E-state index is 4.47. The Morgan fingerprint density at radius 1 is 1.00 bits per heavy atom. The van der Waals surface area contributed by atoms with Gasteiger partial charge in [-0.15, -0.1) is 0 Å². The number of benzene rings is 1. The normalized spacial score (nSPS) is 11.1. The summed E-state index contributed by atoms with van der Waals surface area (Å²) in [7, 11) is 2.09. The van der Waals surface area contributed by atoms with Crippen LogP contribution >= 0.6 is 11.8 Å². The second kappa shape index (κ2) is 8.08. The van der Waals surface area contributed by atoms with E-state index in [9.17, 15) is 0 Å². The third-order valence-corrected chi connectivity index (χ3v) is 4.67. The van der Waals surface area contributed by atoms with Crippen LogP contribution in [0.25, 0.3) is 0 Å². The van der Waals surface area contributed by atoms with Crippen LogP contribution in [0.5, 0.6) is 0 Å². The van der Waals surface area contributed by atoms with E-state index in [2.05, 4.69) is 56.4 Å². The first kappa shape index (κ1) is 16.7. The Hall–Kier alpha value is -2.18. The highest BCUT2D eigenvalue weighted by Gasteiger charge is 2.07. The molecule has 0 aliphatic carbocycles. The molecule has 6 heteroatoms. The molecule has 0 saturated heterocycles. The molecule has 2 aromatic heterocycles. The molecule has 0 fully saturated rings. The molecule has 3 aromatic rings. The summed E-state index contributed by atoms with van der Waals surface area (Å²) in [5.74, 6) is 0.889. The third-order valence-electron chi connectivity index (χ3n) is 3.72. The van der Waals surface area contributed by atoms with Gasteiger partial charge < -0.3 is 0 Å². The van der Waals surface area contributed by atoms with Crippen molar-refractivity contribution in [3.8, 4) is 0 Å². The van der Waals surface area contributed by atoms with Gasteiger partial charge in [0.2, 0.25) is 0 Å². The summed E-state index contributed by atoms with van der Waals surface area (Å²) in [6.07, 6.45) is 5.71. The number of aromatic nitrogens is 4. The predicted octanol–water partition coefficient (Wildman–Crippen LogP) is 3.43. The second-order valence-electron chi connectivity index (χ2n) is 5.84. The van der Waals surface area contributed by atoms with Crippen molar-refractivity contribution in [2.45, 2.75) is 30.9 Å².